The van der Waals surface area contributed by atoms with E-state index in [1.165, 1.54) is 6.42 Å². The van der Waals surface area contributed by atoms with Crippen molar-refractivity contribution in [3.8, 4) is 0 Å². The first-order valence-electron chi connectivity index (χ1n) is 6.97. The number of carbonyl (C=O) groups is 1. The molecule has 2 rings (SSSR count). The maximum Gasteiger partial charge on any atom is 0.237 e. The van der Waals surface area contributed by atoms with Crippen molar-refractivity contribution >= 4 is 5.91 Å². The van der Waals surface area contributed by atoms with Gasteiger partial charge in [0.1, 0.15) is 0 Å². The lowest BCUT2D eigenvalue weighted by Crippen LogP contribution is -2.48. The van der Waals surface area contributed by atoms with Gasteiger partial charge in [0.05, 0.1) is 30.2 Å². The van der Waals surface area contributed by atoms with Gasteiger partial charge < -0.3 is 10.6 Å². The second-order valence-electron chi connectivity index (χ2n) is 5.17. The molecule has 1 aliphatic rings. The molecule has 0 saturated carbocycles. The van der Waals surface area contributed by atoms with Crippen LogP contribution in [-0.4, -0.2) is 28.5 Å². The first-order chi connectivity index (χ1) is 9.19. The van der Waals surface area contributed by atoms with E-state index >= 15 is 0 Å². The molecule has 1 aromatic rings. The summed E-state index contributed by atoms with van der Waals surface area (Å²) in [5.41, 5.74) is 1.68. The van der Waals surface area contributed by atoms with Crippen molar-refractivity contribution in [1.29, 1.82) is 0 Å². The minimum absolute atomic E-state index is 0.0582. The van der Waals surface area contributed by atoms with Crippen molar-refractivity contribution in [3.05, 3.63) is 23.8 Å². The highest BCUT2D eigenvalue weighted by molar-refractivity contribution is 5.81. The number of nitrogens with zero attached hydrogens (tertiary/aromatic N) is 2. The number of hydrogen-bond donors (Lipinski definition) is 2. The molecule has 0 radical (unpaired) electrons. The maximum atomic E-state index is 12.1. The lowest BCUT2D eigenvalue weighted by molar-refractivity contribution is -0.124. The predicted molar refractivity (Wildman–Crippen MR) is 73.4 cm³/mol. The van der Waals surface area contributed by atoms with Gasteiger partial charge in [-0.05, 0) is 32.2 Å². The van der Waals surface area contributed by atoms with Crippen LogP contribution in [0.2, 0.25) is 0 Å². The zero-order valence-corrected chi connectivity index (χ0v) is 11.6. The lowest BCUT2D eigenvalue weighted by Gasteiger charge is -2.28. The molecule has 5 heteroatoms. The fraction of sp³-hybridized carbons (Fsp3) is 0.643. The van der Waals surface area contributed by atoms with Crippen LogP contribution in [0.3, 0.4) is 0 Å². The molecule has 104 valence electrons. The Balaban J connectivity index is 1.82. The summed E-state index contributed by atoms with van der Waals surface area (Å²) in [6.07, 6.45) is 6.67. The number of nitrogens with one attached hydrogen (secondary N) is 2. The topological polar surface area (TPSA) is 66.9 Å². The van der Waals surface area contributed by atoms with Crippen LogP contribution in [0.5, 0.6) is 0 Å². The number of amides is 1. The lowest BCUT2D eigenvalue weighted by atomic mass is 9.90. The van der Waals surface area contributed by atoms with Crippen LogP contribution in [0.15, 0.2) is 12.4 Å². The van der Waals surface area contributed by atoms with E-state index in [1.807, 2.05) is 6.92 Å². The average Bonchev–Trinajstić information content (AvgIpc) is 2.46. The highest BCUT2D eigenvalue weighted by Gasteiger charge is 2.25. The van der Waals surface area contributed by atoms with Gasteiger partial charge in [-0.2, -0.15) is 0 Å². The van der Waals surface area contributed by atoms with Gasteiger partial charge in [-0.1, -0.05) is 13.3 Å². The van der Waals surface area contributed by atoms with Crippen molar-refractivity contribution < 1.29 is 4.79 Å². The molecule has 2 unspecified atom stereocenters. The van der Waals surface area contributed by atoms with Crippen molar-refractivity contribution in [1.82, 2.24) is 20.6 Å². The average molecular weight is 262 g/mol. The molecular formula is C14H22N4O. The Bertz CT molecular complexity index is 418. The molecule has 0 spiro atoms. The Hall–Kier alpha value is -1.49. The summed E-state index contributed by atoms with van der Waals surface area (Å²) in [7, 11) is 0. The number of aryl methyl sites for hydroxylation is 1. The van der Waals surface area contributed by atoms with Gasteiger partial charge in [0.2, 0.25) is 5.91 Å². The van der Waals surface area contributed by atoms with E-state index < -0.39 is 0 Å². The summed E-state index contributed by atoms with van der Waals surface area (Å²) < 4.78 is 0. The Labute approximate surface area is 114 Å². The maximum absolute atomic E-state index is 12.1. The van der Waals surface area contributed by atoms with Gasteiger partial charge in [-0.3, -0.25) is 14.8 Å². The van der Waals surface area contributed by atoms with Crippen LogP contribution in [-0.2, 0) is 11.3 Å². The number of piperidine rings is 1. The molecule has 5 nitrogen and oxygen atoms in total. The van der Waals surface area contributed by atoms with E-state index in [9.17, 15) is 4.79 Å². The van der Waals surface area contributed by atoms with Gasteiger partial charge >= 0.3 is 0 Å². The van der Waals surface area contributed by atoms with Crippen molar-refractivity contribution in [2.75, 3.05) is 6.54 Å². The van der Waals surface area contributed by atoms with Crippen molar-refractivity contribution in [2.24, 2.45) is 5.92 Å². The molecule has 0 bridgehead atoms. The molecule has 2 N–H and O–H groups in total. The number of aromatic nitrogens is 2. The Morgan fingerprint density at radius 3 is 3.00 bits per heavy atom. The molecule has 0 aromatic carbocycles. The highest BCUT2D eigenvalue weighted by Crippen LogP contribution is 2.19. The Morgan fingerprint density at radius 1 is 1.47 bits per heavy atom. The van der Waals surface area contributed by atoms with Gasteiger partial charge in [0, 0.05) is 6.20 Å². The van der Waals surface area contributed by atoms with Crippen LogP contribution >= 0.6 is 0 Å². The molecule has 1 saturated heterocycles. The molecule has 1 aromatic heterocycles. The quantitative estimate of drug-likeness (QED) is 0.855. The van der Waals surface area contributed by atoms with Gasteiger partial charge in [-0.25, -0.2) is 0 Å². The van der Waals surface area contributed by atoms with E-state index in [0.29, 0.717) is 12.5 Å². The van der Waals surface area contributed by atoms with Crippen molar-refractivity contribution in [2.45, 2.75) is 45.7 Å². The van der Waals surface area contributed by atoms with Gasteiger partial charge in [-0.15, -0.1) is 0 Å². The van der Waals surface area contributed by atoms with E-state index in [-0.39, 0.29) is 11.9 Å². The van der Waals surface area contributed by atoms with E-state index in [1.54, 1.807) is 12.4 Å². The Kier molecular flexibility index (Phi) is 4.85. The summed E-state index contributed by atoms with van der Waals surface area (Å²) in [5, 5.41) is 6.21. The Morgan fingerprint density at radius 2 is 2.32 bits per heavy atom. The monoisotopic (exact) mass is 262 g/mol. The largest absolute Gasteiger partial charge is 0.349 e. The third-order valence-electron chi connectivity index (χ3n) is 3.68. The second-order valence-corrected chi connectivity index (χ2v) is 5.17. The van der Waals surface area contributed by atoms with Crippen LogP contribution in [0.1, 0.15) is 37.6 Å². The minimum atomic E-state index is -0.0582. The summed E-state index contributed by atoms with van der Waals surface area (Å²) in [4.78, 5) is 20.5. The van der Waals surface area contributed by atoms with Crippen LogP contribution in [0.25, 0.3) is 0 Å². The number of hydrogen-bond acceptors (Lipinski definition) is 4. The summed E-state index contributed by atoms with van der Waals surface area (Å²) in [6, 6.07) is -0.0582. The van der Waals surface area contributed by atoms with Gasteiger partial charge in [0.25, 0.3) is 0 Å². The molecule has 0 aliphatic carbocycles. The smallest absolute Gasteiger partial charge is 0.237 e. The van der Waals surface area contributed by atoms with E-state index in [4.69, 9.17) is 0 Å². The molecular weight excluding hydrogens is 240 g/mol. The zero-order chi connectivity index (χ0) is 13.7. The van der Waals surface area contributed by atoms with Gasteiger partial charge in [0.15, 0.2) is 0 Å². The first kappa shape index (κ1) is 13.9. The summed E-state index contributed by atoms with van der Waals surface area (Å²) >= 11 is 0. The van der Waals surface area contributed by atoms with Crippen molar-refractivity contribution in [3.63, 3.8) is 0 Å². The zero-order valence-electron chi connectivity index (χ0n) is 11.6. The molecule has 2 heterocycles. The van der Waals surface area contributed by atoms with Crippen LogP contribution in [0, 0.1) is 12.8 Å². The van der Waals surface area contributed by atoms with E-state index in [2.05, 4.69) is 27.5 Å². The minimum Gasteiger partial charge on any atom is -0.349 e. The van der Waals surface area contributed by atoms with Crippen LogP contribution in [0.4, 0.5) is 0 Å². The normalized spacial score (nSPS) is 23.1. The molecule has 1 amide bonds. The molecule has 2 atom stereocenters. The fourth-order valence-corrected chi connectivity index (χ4v) is 2.38. The standard InChI is InChI=1S/C14H22N4O/c1-3-11-4-5-15-13(6-11)14(19)18-9-12-8-16-10(2)7-17-12/h7-8,11,13,15H,3-6,9H2,1-2H3,(H,18,19). The fourth-order valence-electron chi connectivity index (χ4n) is 2.38. The SMILES string of the molecule is CCC1CCNC(C(=O)NCc2cnc(C)cn2)C1. The summed E-state index contributed by atoms with van der Waals surface area (Å²) in [5.74, 6) is 0.733. The van der Waals surface area contributed by atoms with Crippen LogP contribution < -0.4 is 10.6 Å². The first-order valence-corrected chi connectivity index (χ1v) is 6.97. The van der Waals surface area contributed by atoms with E-state index in [0.717, 1.165) is 30.8 Å². The summed E-state index contributed by atoms with van der Waals surface area (Å²) in [6.45, 7) is 5.46. The number of carbonyl (C=O) groups excluding carboxylic acids is 1. The third kappa shape index (κ3) is 3.99. The molecule has 19 heavy (non-hydrogen) atoms. The highest BCUT2D eigenvalue weighted by atomic mass is 16.2. The second kappa shape index (κ2) is 6.61. The number of rotatable bonds is 4. The molecule has 1 fully saturated rings. The predicted octanol–water partition coefficient (Wildman–Crippen LogP) is 1.18. The third-order valence-corrected chi connectivity index (χ3v) is 3.68. The molecule has 1 aliphatic heterocycles.